The highest BCUT2D eigenvalue weighted by Crippen LogP contribution is 2.49. The first-order valence-electron chi connectivity index (χ1n) is 8.21. The van der Waals surface area contributed by atoms with Gasteiger partial charge in [0.2, 0.25) is 0 Å². The monoisotopic (exact) mass is 385 g/mol. The lowest BCUT2D eigenvalue weighted by atomic mass is 9.98. The summed E-state index contributed by atoms with van der Waals surface area (Å²) in [4.78, 5) is 21.5. The van der Waals surface area contributed by atoms with Gasteiger partial charge in [0, 0.05) is 15.9 Å². The van der Waals surface area contributed by atoms with Crippen molar-refractivity contribution in [2.75, 3.05) is 0 Å². The first-order chi connectivity index (χ1) is 11.6. The summed E-state index contributed by atoms with van der Waals surface area (Å²) in [5.74, 6) is 1.17. The van der Waals surface area contributed by atoms with Crippen molar-refractivity contribution in [3.63, 3.8) is 0 Å². The molecule has 1 saturated carbocycles. The number of rotatable bonds is 1. The second-order valence-corrected chi connectivity index (χ2v) is 7.73. The largest absolute Gasteiger partial charge is 0.465 e. The summed E-state index contributed by atoms with van der Waals surface area (Å²) in [6.45, 7) is 0. The Morgan fingerprint density at radius 3 is 3.00 bits per heavy atom. The van der Waals surface area contributed by atoms with Crippen molar-refractivity contribution in [1.29, 1.82) is 0 Å². The van der Waals surface area contributed by atoms with Crippen molar-refractivity contribution in [3.8, 4) is 0 Å². The van der Waals surface area contributed by atoms with Crippen LogP contribution in [-0.4, -0.2) is 32.1 Å². The minimum atomic E-state index is -0.832. The molecule has 1 aliphatic heterocycles. The van der Waals surface area contributed by atoms with Crippen molar-refractivity contribution < 1.29 is 9.90 Å². The van der Waals surface area contributed by atoms with Crippen LogP contribution in [-0.2, 0) is 0 Å². The number of carboxylic acid groups (broad SMARTS) is 1. The normalized spacial score (nSPS) is 25.9. The van der Waals surface area contributed by atoms with Crippen LogP contribution in [0.4, 0.5) is 4.79 Å². The van der Waals surface area contributed by atoms with E-state index in [1.165, 1.54) is 0 Å². The highest BCUT2D eigenvalue weighted by molar-refractivity contribution is 9.10. The number of halogens is 1. The van der Waals surface area contributed by atoms with Crippen LogP contribution >= 0.6 is 15.9 Å². The molecule has 2 N–H and O–H groups in total. The third-order valence-corrected chi connectivity index (χ3v) is 6.03. The number of H-pyrrole nitrogens is 1. The molecule has 0 spiro atoms. The Morgan fingerprint density at radius 1 is 1.29 bits per heavy atom. The van der Waals surface area contributed by atoms with Gasteiger partial charge in [0.25, 0.3) is 0 Å². The van der Waals surface area contributed by atoms with Gasteiger partial charge in [-0.25, -0.2) is 9.78 Å². The first-order valence-corrected chi connectivity index (χ1v) is 9.00. The lowest BCUT2D eigenvalue weighted by Crippen LogP contribution is -2.39. The molecule has 3 atom stereocenters. The summed E-state index contributed by atoms with van der Waals surface area (Å²) in [6, 6.07) is 10.3. The highest BCUT2D eigenvalue weighted by atomic mass is 79.9. The lowest BCUT2D eigenvalue weighted by molar-refractivity contribution is 0.0992. The van der Waals surface area contributed by atoms with E-state index in [1.807, 2.05) is 12.1 Å². The molecule has 1 saturated heterocycles. The zero-order valence-corrected chi connectivity index (χ0v) is 14.5. The standard InChI is InChI=1S/C18H16BrN3O2/c19-11-3-5-13-9(7-11)2-6-14-15(13)21-17(20-14)16-10-1-4-12(8-10)22(16)18(23)24/h2-3,5-7,10,12,16H,1,4,8H2,(H,20,21)(H,23,24). The van der Waals surface area contributed by atoms with Gasteiger partial charge in [-0.05, 0) is 48.8 Å². The molecule has 0 radical (unpaired) electrons. The molecule has 2 aliphatic rings. The molecule has 2 aromatic carbocycles. The van der Waals surface area contributed by atoms with Crippen molar-refractivity contribution in [3.05, 3.63) is 40.6 Å². The smallest absolute Gasteiger partial charge is 0.408 e. The number of hydrogen-bond acceptors (Lipinski definition) is 2. The Labute approximate surface area is 146 Å². The molecular formula is C18H16BrN3O2. The van der Waals surface area contributed by atoms with E-state index in [0.29, 0.717) is 5.92 Å². The fraction of sp³-hybridized carbons (Fsp3) is 0.333. The molecule has 3 unspecified atom stereocenters. The Kier molecular flexibility index (Phi) is 2.95. The number of carbonyl (C=O) groups is 1. The molecule has 5 nitrogen and oxygen atoms in total. The zero-order chi connectivity index (χ0) is 16.4. The second-order valence-electron chi connectivity index (χ2n) is 6.81. The van der Waals surface area contributed by atoms with Gasteiger partial charge in [0.05, 0.1) is 17.1 Å². The molecular weight excluding hydrogens is 370 g/mol. The number of nitrogens with one attached hydrogen (secondary N) is 1. The van der Waals surface area contributed by atoms with Crippen LogP contribution in [0.2, 0.25) is 0 Å². The van der Waals surface area contributed by atoms with E-state index in [0.717, 1.165) is 51.4 Å². The topological polar surface area (TPSA) is 69.2 Å². The molecule has 5 rings (SSSR count). The van der Waals surface area contributed by atoms with Crippen molar-refractivity contribution in [2.45, 2.75) is 31.3 Å². The van der Waals surface area contributed by atoms with E-state index >= 15 is 0 Å². The predicted octanol–water partition coefficient (Wildman–Crippen LogP) is 4.68. The van der Waals surface area contributed by atoms with Gasteiger partial charge in [-0.1, -0.05) is 28.1 Å². The number of aromatic amines is 1. The fourth-order valence-electron chi connectivity index (χ4n) is 4.55. The van der Waals surface area contributed by atoms with Crippen molar-refractivity contribution in [1.82, 2.24) is 14.9 Å². The van der Waals surface area contributed by atoms with E-state index in [1.54, 1.807) is 4.90 Å². The predicted molar refractivity (Wildman–Crippen MR) is 95.0 cm³/mol. The highest BCUT2D eigenvalue weighted by Gasteiger charge is 2.50. The molecule has 2 bridgehead atoms. The number of hydrogen-bond donors (Lipinski definition) is 2. The number of fused-ring (bicyclic) bond motifs is 5. The van der Waals surface area contributed by atoms with Gasteiger partial charge in [-0.2, -0.15) is 0 Å². The summed E-state index contributed by atoms with van der Waals surface area (Å²) < 4.78 is 1.04. The number of benzene rings is 2. The second kappa shape index (κ2) is 4.96. The van der Waals surface area contributed by atoms with Crippen LogP contribution < -0.4 is 0 Å². The number of aromatic nitrogens is 2. The Hall–Kier alpha value is -2.08. The maximum atomic E-state index is 11.7. The molecule has 1 aliphatic carbocycles. The lowest BCUT2D eigenvalue weighted by Gasteiger charge is -2.31. The zero-order valence-electron chi connectivity index (χ0n) is 12.9. The quantitative estimate of drug-likeness (QED) is 0.638. The molecule has 2 heterocycles. The van der Waals surface area contributed by atoms with Gasteiger partial charge in [-0.15, -0.1) is 0 Å². The van der Waals surface area contributed by atoms with E-state index in [-0.39, 0.29) is 12.1 Å². The van der Waals surface area contributed by atoms with Crippen LogP contribution in [0.3, 0.4) is 0 Å². The molecule has 122 valence electrons. The number of piperidine rings is 1. The minimum Gasteiger partial charge on any atom is -0.465 e. The summed E-state index contributed by atoms with van der Waals surface area (Å²) in [5, 5.41) is 11.8. The summed E-state index contributed by atoms with van der Waals surface area (Å²) in [6.07, 6.45) is 2.19. The van der Waals surface area contributed by atoms with Gasteiger partial charge in [0.15, 0.2) is 0 Å². The van der Waals surface area contributed by atoms with E-state index in [4.69, 9.17) is 4.98 Å². The van der Waals surface area contributed by atoms with E-state index in [9.17, 15) is 9.90 Å². The molecule has 24 heavy (non-hydrogen) atoms. The van der Waals surface area contributed by atoms with E-state index in [2.05, 4.69) is 39.1 Å². The van der Waals surface area contributed by atoms with Crippen LogP contribution in [0.15, 0.2) is 34.8 Å². The van der Waals surface area contributed by atoms with Gasteiger partial charge in [-0.3, -0.25) is 4.90 Å². The third kappa shape index (κ3) is 1.92. The maximum Gasteiger partial charge on any atom is 0.408 e. The first kappa shape index (κ1) is 14.3. The number of nitrogens with zero attached hydrogens (tertiary/aromatic N) is 2. The van der Waals surface area contributed by atoms with Crippen LogP contribution in [0.1, 0.15) is 31.1 Å². The van der Waals surface area contributed by atoms with Gasteiger partial charge >= 0.3 is 6.09 Å². The number of amides is 1. The molecule has 6 heteroatoms. The average molecular weight is 386 g/mol. The summed E-state index contributed by atoms with van der Waals surface area (Å²) >= 11 is 3.50. The van der Waals surface area contributed by atoms with Crippen LogP contribution in [0.5, 0.6) is 0 Å². The van der Waals surface area contributed by atoms with Crippen LogP contribution in [0, 0.1) is 5.92 Å². The maximum absolute atomic E-state index is 11.7. The number of likely N-dealkylation sites (tertiary alicyclic amines) is 1. The van der Waals surface area contributed by atoms with E-state index < -0.39 is 6.09 Å². The third-order valence-electron chi connectivity index (χ3n) is 5.53. The number of imidazole rings is 1. The Morgan fingerprint density at radius 2 is 2.17 bits per heavy atom. The molecule has 3 aromatic rings. The molecule has 1 aromatic heterocycles. The Balaban J connectivity index is 1.67. The van der Waals surface area contributed by atoms with Crippen LogP contribution in [0.25, 0.3) is 21.8 Å². The summed E-state index contributed by atoms with van der Waals surface area (Å²) in [5.41, 5.74) is 1.89. The van der Waals surface area contributed by atoms with Gasteiger partial charge < -0.3 is 10.1 Å². The van der Waals surface area contributed by atoms with Crippen molar-refractivity contribution >= 4 is 43.8 Å². The summed E-state index contributed by atoms with van der Waals surface area (Å²) in [7, 11) is 0. The van der Waals surface area contributed by atoms with Crippen molar-refractivity contribution in [2.24, 2.45) is 5.92 Å². The molecule has 2 fully saturated rings. The fourth-order valence-corrected chi connectivity index (χ4v) is 4.93. The SMILES string of the molecule is O=C(O)N1C2CCC(C2)C1c1nc2c(ccc3cc(Br)ccc32)[nH]1. The Bertz CT molecular complexity index is 983. The van der Waals surface area contributed by atoms with Gasteiger partial charge in [0.1, 0.15) is 5.82 Å². The average Bonchev–Trinajstić information content (AvgIpc) is 3.27. The molecule has 1 amide bonds. The minimum absolute atomic E-state index is 0.140.